The monoisotopic (exact) mass is 530 g/mol. The number of hydrogen-bond donors (Lipinski definition) is 2. The Hall–Kier alpha value is -2.44. The van der Waals surface area contributed by atoms with Gasteiger partial charge in [-0.25, -0.2) is 9.38 Å². The van der Waals surface area contributed by atoms with E-state index in [0.717, 1.165) is 24.8 Å². The second-order valence-corrected chi connectivity index (χ2v) is 11.1. The number of nitrogens with zero attached hydrogens (tertiary/aromatic N) is 2. The van der Waals surface area contributed by atoms with Crippen molar-refractivity contribution in [2.45, 2.75) is 78.4 Å². The normalized spacial score (nSPS) is 15.4. The van der Waals surface area contributed by atoms with Gasteiger partial charge in [0.1, 0.15) is 12.0 Å². The summed E-state index contributed by atoms with van der Waals surface area (Å²) in [5.74, 6) is 1.13. The lowest BCUT2D eigenvalue weighted by molar-refractivity contribution is 0.0975. The van der Waals surface area contributed by atoms with Gasteiger partial charge in [-0.3, -0.25) is 15.0 Å². The highest BCUT2D eigenvalue weighted by Gasteiger charge is 2.26. The van der Waals surface area contributed by atoms with E-state index >= 15 is 0 Å². The van der Waals surface area contributed by atoms with Crippen LogP contribution >= 0.6 is 11.6 Å². The van der Waals surface area contributed by atoms with Crippen molar-refractivity contribution in [1.29, 1.82) is 0 Å². The van der Waals surface area contributed by atoms with Gasteiger partial charge in [-0.05, 0) is 100 Å². The van der Waals surface area contributed by atoms with Crippen LogP contribution in [0.2, 0.25) is 5.02 Å². The number of benzene rings is 2. The zero-order valence-electron chi connectivity index (χ0n) is 23.4. The van der Waals surface area contributed by atoms with Gasteiger partial charge in [-0.1, -0.05) is 57.3 Å². The third-order valence-corrected chi connectivity index (χ3v) is 6.90. The molecule has 2 aromatic rings. The second-order valence-electron chi connectivity index (χ2n) is 10.7. The van der Waals surface area contributed by atoms with E-state index in [1.807, 2.05) is 40.1 Å². The van der Waals surface area contributed by atoms with Gasteiger partial charge in [-0.15, -0.1) is 0 Å². The molecule has 0 saturated carbocycles. The molecule has 37 heavy (non-hydrogen) atoms. The minimum absolute atomic E-state index is 0.0776. The van der Waals surface area contributed by atoms with Gasteiger partial charge in [-0.2, -0.15) is 0 Å². The molecular formula is C30H44ClFN4O. The molecule has 4 unspecified atom stereocenters. The number of aliphatic imine (C=N–C) groups is 1. The van der Waals surface area contributed by atoms with Crippen LogP contribution in [0.4, 0.5) is 4.39 Å². The minimum atomic E-state index is -0.252. The fourth-order valence-corrected chi connectivity index (χ4v) is 4.86. The predicted molar refractivity (Wildman–Crippen MR) is 154 cm³/mol. The van der Waals surface area contributed by atoms with Gasteiger partial charge in [0, 0.05) is 16.6 Å². The van der Waals surface area contributed by atoms with E-state index in [2.05, 4.69) is 36.3 Å². The zero-order valence-corrected chi connectivity index (χ0v) is 24.1. The van der Waals surface area contributed by atoms with Crippen LogP contribution in [-0.2, 0) is 0 Å². The number of carbonyl (C=O) groups excluding carboxylic acids is 1. The van der Waals surface area contributed by atoms with Crippen LogP contribution < -0.4 is 10.6 Å². The summed E-state index contributed by atoms with van der Waals surface area (Å²) in [7, 11) is 3.99. The highest BCUT2D eigenvalue weighted by molar-refractivity contribution is 6.30. The van der Waals surface area contributed by atoms with Crippen molar-refractivity contribution in [1.82, 2.24) is 15.5 Å². The molecule has 0 spiro atoms. The fourth-order valence-electron chi connectivity index (χ4n) is 4.73. The Morgan fingerprint density at radius 2 is 1.62 bits per heavy atom. The van der Waals surface area contributed by atoms with Crippen molar-refractivity contribution < 1.29 is 9.18 Å². The third-order valence-electron chi connectivity index (χ3n) is 6.64. The molecule has 0 radical (unpaired) electrons. The Kier molecular flexibility index (Phi) is 12.6. The Morgan fingerprint density at radius 1 is 1.00 bits per heavy atom. The van der Waals surface area contributed by atoms with Crippen molar-refractivity contribution in [3.8, 4) is 0 Å². The second kappa shape index (κ2) is 15.1. The maximum atomic E-state index is 13.7. The third kappa shape index (κ3) is 10.4. The van der Waals surface area contributed by atoms with Crippen molar-refractivity contribution in [2.75, 3.05) is 14.1 Å². The molecule has 0 aromatic heterocycles. The van der Waals surface area contributed by atoms with Gasteiger partial charge in [0.05, 0.1) is 0 Å². The molecule has 4 atom stereocenters. The van der Waals surface area contributed by atoms with E-state index < -0.39 is 0 Å². The highest BCUT2D eigenvalue weighted by Crippen LogP contribution is 2.35. The van der Waals surface area contributed by atoms with Crippen molar-refractivity contribution in [3.05, 3.63) is 70.5 Å². The topological polar surface area (TPSA) is 56.7 Å². The summed E-state index contributed by atoms with van der Waals surface area (Å²) >= 11 is 5.98. The predicted octanol–water partition coefficient (Wildman–Crippen LogP) is 7.09. The summed E-state index contributed by atoms with van der Waals surface area (Å²) < 4.78 is 13.7. The maximum absolute atomic E-state index is 13.7. The number of carbonyl (C=O) groups is 1. The van der Waals surface area contributed by atoms with Crippen molar-refractivity contribution in [2.24, 2.45) is 16.8 Å². The Bertz CT molecular complexity index is 992. The molecule has 5 nitrogen and oxygen atoms in total. The molecule has 1 amide bonds. The summed E-state index contributed by atoms with van der Waals surface area (Å²) in [6.45, 7) is 10.8. The Balaban J connectivity index is 2.35. The molecule has 2 rings (SSSR count). The van der Waals surface area contributed by atoms with Crippen LogP contribution in [0.1, 0.15) is 82.1 Å². The zero-order chi connectivity index (χ0) is 27.5. The van der Waals surface area contributed by atoms with Crippen LogP contribution in [0.5, 0.6) is 0 Å². The average molecular weight is 531 g/mol. The summed E-state index contributed by atoms with van der Waals surface area (Å²) in [6.07, 6.45) is 3.97. The smallest absolute Gasteiger partial charge is 0.257 e. The molecule has 0 fully saturated rings. The lowest BCUT2D eigenvalue weighted by atomic mass is 9.78. The molecule has 0 saturated heterocycles. The first-order valence-corrected chi connectivity index (χ1v) is 13.7. The lowest BCUT2D eigenvalue weighted by Crippen LogP contribution is -2.46. The highest BCUT2D eigenvalue weighted by atomic mass is 35.5. The van der Waals surface area contributed by atoms with E-state index in [1.54, 1.807) is 24.3 Å². The SMILES string of the molecule is CCCC(C)CC(C)C(CC(N=C(NC(=O)c1ccc(Cl)cc1)NC(C)C)N(C)C)c1ccc(F)cc1. The van der Waals surface area contributed by atoms with Crippen LogP contribution in [0.15, 0.2) is 53.5 Å². The quantitative estimate of drug-likeness (QED) is 0.227. The van der Waals surface area contributed by atoms with Crippen molar-refractivity contribution in [3.63, 3.8) is 0 Å². The van der Waals surface area contributed by atoms with Crippen LogP contribution in [0.3, 0.4) is 0 Å². The first kappa shape index (κ1) is 30.8. The molecule has 7 heteroatoms. The van der Waals surface area contributed by atoms with Gasteiger partial charge in [0.15, 0.2) is 5.96 Å². The summed E-state index contributed by atoms with van der Waals surface area (Å²) in [5.41, 5.74) is 1.62. The number of halogens is 2. The minimum Gasteiger partial charge on any atom is -0.354 e. The van der Waals surface area contributed by atoms with Gasteiger partial charge in [0.2, 0.25) is 0 Å². The number of rotatable bonds is 12. The van der Waals surface area contributed by atoms with E-state index in [0.29, 0.717) is 28.4 Å². The molecule has 2 N–H and O–H groups in total. The lowest BCUT2D eigenvalue weighted by Gasteiger charge is -2.32. The number of nitrogens with one attached hydrogen (secondary N) is 2. The molecule has 0 bridgehead atoms. The first-order valence-electron chi connectivity index (χ1n) is 13.3. The Labute approximate surface area is 227 Å². The van der Waals surface area contributed by atoms with Gasteiger partial charge < -0.3 is 5.32 Å². The Morgan fingerprint density at radius 3 is 2.16 bits per heavy atom. The standard InChI is InChI=1S/C30H44ClFN4O/c1-8-9-21(4)18-22(5)27(23-12-16-26(32)17-13-23)19-28(36(6)7)34-30(33-20(2)3)35-29(37)24-10-14-25(31)15-11-24/h10-17,20-22,27-28H,8-9,18-19H2,1-7H3,(H2,33,34,35,37). The van der Waals surface area contributed by atoms with E-state index in [4.69, 9.17) is 16.6 Å². The molecule has 204 valence electrons. The molecule has 0 aliphatic carbocycles. The van der Waals surface area contributed by atoms with E-state index in [1.165, 1.54) is 18.6 Å². The average Bonchev–Trinajstić information content (AvgIpc) is 2.82. The first-order chi connectivity index (χ1) is 17.5. The van der Waals surface area contributed by atoms with Crippen LogP contribution in [-0.4, -0.2) is 43.1 Å². The summed E-state index contributed by atoms with van der Waals surface area (Å²) in [4.78, 5) is 20.0. The van der Waals surface area contributed by atoms with E-state index in [9.17, 15) is 9.18 Å². The van der Waals surface area contributed by atoms with Crippen LogP contribution in [0.25, 0.3) is 0 Å². The molecule has 0 aliphatic heterocycles. The van der Waals surface area contributed by atoms with Crippen molar-refractivity contribution >= 4 is 23.5 Å². The van der Waals surface area contributed by atoms with Gasteiger partial charge >= 0.3 is 0 Å². The maximum Gasteiger partial charge on any atom is 0.257 e. The molecule has 0 heterocycles. The molecule has 2 aromatic carbocycles. The number of guanidine groups is 1. The fraction of sp³-hybridized carbons (Fsp3) is 0.533. The summed E-state index contributed by atoms with van der Waals surface area (Å²) in [6, 6.07) is 13.7. The largest absolute Gasteiger partial charge is 0.354 e. The summed E-state index contributed by atoms with van der Waals surface area (Å²) in [5, 5.41) is 6.82. The molecular weight excluding hydrogens is 487 g/mol. The van der Waals surface area contributed by atoms with E-state index in [-0.39, 0.29) is 29.8 Å². The number of hydrogen-bond acceptors (Lipinski definition) is 3. The van der Waals surface area contributed by atoms with Gasteiger partial charge in [0.25, 0.3) is 5.91 Å². The number of amides is 1. The molecule has 0 aliphatic rings. The van der Waals surface area contributed by atoms with Crippen LogP contribution in [0, 0.1) is 17.7 Å².